The number of anilines is 1. The van der Waals surface area contributed by atoms with E-state index in [9.17, 15) is 4.79 Å². The van der Waals surface area contributed by atoms with Crippen LogP contribution in [0.5, 0.6) is 0 Å². The SMILES string of the molecule is NC(CC(=O)NC1CCCN(c2ncccn2)C1)c1ccccc1. The van der Waals surface area contributed by atoms with Crippen LogP contribution in [-0.4, -0.2) is 35.0 Å². The first-order chi connectivity index (χ1) is 11.7. The Hall–Kier alpha value is -2.47. The molecule has 1 aromatic carbocycles. The van der Waals surface area contributed by atoms with Crippen molar-refractivity contribution >= 4 is 11.9 Å². The Morgan fingerprint density at radius 1 is 1.25 bits per heavy atom. The third-order valence-corrected chi connectivity index (χ3v) is 4.25. The number of nitrogens with one attached hydrogen (secondary N) is 1. The van der Waals surface area contributed by atoms with Gasteiger partial charge in [0.1, 0.15) is 0 Å². The molecule has 1 saturated heterocycles. The maximum absolute atomic E-state index is 12.3. The van der Waals surface area contributed by atoms with E-state index in [1.807, 2.05) is 30.3 Å². The molecule has 126 valence electrons. The van der Waals surface area contributed by atoms with Gasteiger partial charge >= 0.3 is 0 Å². The molecular formula is C18H23N5O. The topological polar surface area (TPSA) is 84.1 Å². The van der Waals surface area contributed by atoms with Crippen LogP contribution in [0.4, 0.5) is 5.95 Å². The third-order valence-electron chi connectivity index (χ3n) is 4.25. The fourth-order valence-electron chi connectivity index (χ4n) is 3.04. The molecule has 3 rings (SSSR count). The second-order valence-electron chi connectivity index (χ2n) is 6.12. The van der Waals surface area contributed by atoms with Crippen molar-refractivity contribution in [1.29, 1.82) is 0 Å². The van der Waals surface area contributed by atoms with E-state index in [4.69, 9.17) is 5.73 Å². The number of aromatic nitrogens is 2. The molecular weight excluding hydrogens is 302 g/mol. The lowest BCUT2D eigenvalue weighted by atomic mass is 10.0. The van der Waals surface area contributed by atoms with Crippen molar-refractivity contribution < 1.29 is 4.79 Å². The Morgan fingerprint density at radius 3 is 2.75 bits per heavy atom. The molecule has 2 heterocycles. The van der Waals surface area contributed by atoms with E-state index < -0.39 is 0 Å². The van der Waals surface area contributed by atoms with Crippen molar-refractivity contribution in [2.45, 2.75) is 31.3 Å². The van der Waals surface area contributed by atoms with Crippen LogP contribution in [0.15, 0.2) is 48.8 Å². The van der Waals surface area contributed by atoms with Crippen LogP contribution in [0.25, 0.3) is 0 Å². The van der Waals surface area contributed by atoms with Crippen molar-refractivity contribution in [1.82, 2.24) is 15.3 Å². The molecule has 1 fully saturated rings. The Balaban J connectivity index is 1.53. The van der Waals surface area contributed by atoms with Crippen LogP contribution in [0, 0.1) is 0 Å². The summed E-state index contributed by atoms with van der Waals surface area (Å²) >= 11 is 0. The standard InChI is InChI=1S/C18H23N5O/c19-16(14-6-2-1-3-7-14)12-17(24)22-15-8-4-11-23(13-15)18-20-9-5-10-21-18/h1-3,5-7,9-10,15-16H,4,8,11-13,19H2,(H,22,24). The molecule has 0 saturated carbocycles. The van der Waals surface area contributed by atoms with Crippen molar-refractivity contribution in [3.8, 4) is 0 Å². The molecule has 3 N–H and O–H groups in total. The smallest absolute Gasteiger partial charge is 0.225 e. The zero-order valence-electron chi connectivity index (χ0n) is 13.6. The van der Waals surface area contributed by atoms with Gasteiger partial charge < -0.3 is 16.0 Å². The number of benzene rings is 1. The van der Waals surface area contributed by atoms with Crippen molar-refractivity contribution in [3.05, 3.63) is 54.4 Å². The van der Waals surface area contributed by atoms with Crippen LogP contribution < -0.4 is 16.0 Å². The average Bonchev–Trinajstić information content (AvgIpc) is 2.63. The predicted molar refractivity (Wildman–Crippen MR) is 93.4 cm³/mol. The molecule has 0 bridgehead atoms. The molecule has 0 spiro atoms. The molecule has 1 aromatic heterocycles. The number of carbonyl (C=O) groups is 1. The van der Waals surface area contributed by atoms with Gasteiger partial charge in [0, 0.05) is 44.0 Å². The molecule has 2 unspecified atom stereocenters. The van der Waals surface area contributed by atoms with Crippen molar-refractivity contribution in [3.63, 3.8) is 0 Å². The lowest BCUT2D eigenvalue weighted by Crippen LogP contribution is -2.48. The summed E-state index contributed by atoms with van der Waals surface area (Å²) in [7, 11) is 0. The van der Waals surface area contributed by atoms with E-state index in [0.717, 1.165) is 37.4 Å². The Morgan fingerprint density at radius 2 is 2.00 bits per heavy atom. The number of piperidine rings is 1. The highest BCUT2D eigenvalue weighted by Gasteiger charge is 2.23. The molecule has 2 aromatic rings. The summed E-state index contributed by atoms with van der Waals surface area (Å²) in [5.41, 5.74) is 7.11. The maximum atomic E-state index is 12.3. The molecule has 1 amide bonds. The lowest BCUT2D eigenvalue weighted by Gasteiger charge is -2.33. The van der Waals surface area contributed by atoms with Gasteiger partial charge in [-0.3, -0.25) is 4.79 Å². The summed E-state index contributed by atoms with van der Waals surface area (Å²) in [6, 6.07) is 11.4. The minimum Gasteiger partial charge on any atom is -0.352 e. The molecule has 0 aliphatic carbocycles. The van der Waals surface area contributed by atoms with Gasteiger partial charge in [-0.05, 0) is 24.5 Å². The summed E-state index contributed by atoms with van der Waals surface area (Å²) in [5.74, 6) is 0.713. The number of rotatable bonds is 5. The van der Waals surface area contributed by atoms with Gasteiger partial charge in [-0.1, -0.05) is 30.3 Å². The molecule has 24 heavy (non-hydrogen) atoms. The van der Waals surface area contributed by atoms with Gasteiger partial charge in [0.15, 0.2) is 0 Å². The number of hydrogen-bond acceptors (Lipinski definition) is 5. The average molecular weight is 325 g/mol. The van der Waals surface area contributed by atoms with Gasteiger partial charge in [-0.25, -0.2) is 9.97 Å². The first kappa shape index (κ1) is 16.4. The monoisotopic (exact) mass is 325 g/mol. The van der Waals surface area contributed by atoms with E-state index in [1.54, 1.807) is 18.5 Å². The number of nitrogens with two attached hydrogens (primary N) is 1. The van der Waals surface area contributed by atoms with Crippen LogP contribution in [0.3, 0.4) is 0 Å². The molecule has 0 radical (unpaired) electrons. The highest BCUT2D eigenvalue weighted by molar-refractivity contribution is 5.77. The van der Waals surface area contributed by atoms with Crippen LogP contribution >= 0.6 is 0 Å². The number of amides is 1. The fraction of sp³-hybridized carbons (Fsp3) is 0.389. The molecule has 1 aliphatic heterocycles. The quantitative estimate of drug-likeness (QED) is 0.873. The normalized spacial score (nSPS) is 18.9. The van der Waals surface area contributed by atoms with E-state index in [2.05, 4.69) is 20.2 Å². The fourth-order valence-corrected chi connectivity index (χ4v) is 3.04. The van der Waals surface area contributed by atoms with Gasteiger partial charge in [-0.15, -0.1) is 0 Å². The molecule has 6 nitrogen and oxygen atoms in total. The summed E-state index contributed by atoms with van der Waals surface area (Å²) in [6.07, 6.45) is 5.75. The summed E-state index contributed by atoms with van der Waals surface area (Å²) in [4.78, 5) is 23.0. The molecule has 1 aliphatic rings. The summed E-state index contributed by atoms with van der Waals surface area (Å²) < 4.78 is 0. The minimum absolute atomic E-state index is 0.00724. The number of nitrogens with zero attached hydrogens (tertiary/aromatic N) is 3. The highest BCUT2D eigenvalue weighted by atomic mass is 16.1. The first-order valence-corrected chi connectivity index (χ1v) is 8.34. The Labute approximate surface area is 142 Å². The zero-order chi connectivity index (χ0) is 16.8. The summed E-state index contributed by atoms with van der Waals surface area (Å²) in [5, 5.41) is 3.10. The number of hydrogen-bond donors (Lipinski definition) is 2. The third kappa shape index (κ3) is 4.29. The molecule has 2 atom stereocenters. The summed E-state index contributed by atoms with van der Waals surface area (Å²) in [6.45, 7) is 1.65. The second-order valence-corrected chi connectivity index (χ2v) is 6.12. The van der Waals surface area contributed by atoms with E-state index in [1.165, 1.54) is 0 Å². The van der Waals surface area contributed by atoms with Crippen LogP contribution in [-0.2, 0) is 4.79 Å². The first-order valence-electron chi connectivity index (χ1n) is 8.34. The highest BCUT2D eigenvalue weighted by Crippen LogP contribution is 2.17. The van der Waals surface area contributed by atoms with Crippen LogP contribution in [0.1, 0.15) is 30.9 Å². The van der Waals surface area contributed by atoms with Gasteiger partial charge in [-0.2, -0.15) is 0 Å². The maximum Gasteiger partial charge on any atom is 0.225 e. The number of carbonyl (C=O) groups excluding carboxylic acids is 1. The minimum atomic E-state index is -0.275. The lowest BCUT2D eigenvalue weighted by molar-refractivity contribution is -0.122. The zero-order valence-corrected chi connectivity index (χ0v) is 13.6. The van der Waals surface area contributed by atoms with Crippen LogP contribution in [0.2, 0.25) is 0 Å². The Kier molecular flexibility index (Phi) is 5.38. The molecule has 6 heteroatoms. The largest absolute Gasteiger partial charge is 0.352 e. The Bertz CT molecular complexity index is 649. The van der Waals surface area contributed by atoms with E-state index in [0.29, 0.717) is 6.42 Å². The van der Waals surface area contributed by atoms with Crippen molar-refractivity contribution in [2.24, 2.45) is 5.73 Å². The van der Waals surface area contributed by atoms with Gasteiger partial charge in [0.25, 0.3) is 0 Å². The second kappa shape index (κ2) is 7.88. The predicted octanol–water partition coefficient (Wildman–Crippen LogP) is 1.65. The van der Waals surface area contributed by atoms with Gasteiger partial charge in [0.05, 0.1) is 0 Å². The van der Waals surface area contributed by atoms with E-state index >= 15 is 0 Å². The van der Waals surface area contributed by atoms with E-state index in [-0.39, 0.29) is 18.0 Å². The van der Waals surface area contributed by atoms with Crippen molar-refractivity contribution in [2.75, 3.05) is 18.0 Å². The van der Waals surface area contributed by atoms with Gasteiger partial charge in [0.2, 0.25) is 11.9 Å².